The van der Waals surface area contributed by atoms with E-state index in [0.29, 0.717) is 6.42 Å². The Bertz CT molecular complexity index is 474. The van der Waals surface area contributed by atoms with E-state index in [1.807, 2.05) is 48.0 Å². The van der Waals surface area contributed by atoms with Crippen LogP contribution in [0.4, 0.5) is 0 Å². The lowest BCUT2D eigenvalue weighted by Gasteiger charge is -2.04. The summed E-state index contributed by atoms with van der Waals surface area (Å²) in [7, 11) is 0. The molecule has 0 aliphatic heterocycles. The van der Waals surface area contributed by atoms with Crippen LogP contribution in [0.5, 0.6) is 0 Å². The molecule has 0 N–H and O–H groups in total. The van der Waals surface area contributed by atoms with Gasteiger partial charge in [-0.2, -0.15) is 0 Å². The van der Waals surface area contributed by atoms with Gasteiger partial charge in [-0.1, -0.05) is 24.3 Å². The van der Waals surface area contributed by atoms with Gasteiger partial charge < -0.3 is 0 Å². The van der Waals surface area contributed by atoms with Crippen LogP contribution in [-0.4, -0.2) is 12.0 Å². The molecule has 0 aliphatic carbocycles. The molecule has 0 fully saturated rings. The number of thiophene rings is 1. The highest BCUT2D eigenvalue weighted by Gasteiger charge is 2.11. The van der Waals surface area contributed by atoms with Crippen molar-refractivity contribution in [3.8, 4) is 0 Å². The zero-order chi connectivity index (χ0) is 11.4. The van der Waals surface area contributed by atoms with Crippen LogP contribution in [0.2, 0.25) is 0 Å². The van der Waals surface area contributed by atoms with Crippen molar-refractivity contribution in [3.63, 3.8) is 0 Å². The second-order valence-corrected chi connectivity index (χ2v) is 5.26. The Balaban J connectivity index is 2.21. The number of rotatable bonds is 4. The topological polar surface area (TPSA) is 17.1 Å². The van der Waals surface area contributed by atoms with Crippen LogP contribution < -0.4 is 0 Å². The monoisotopic (exact) mass is 248 g/mol. The molecule has 0 atom stereocenters. The fraction of sp³-hybridized carbons (Fsp3) is 0.154. The lowest BCUT2D eigenvalue weighted by molar-refractivity contribution is 0.0991. The normalized spacial score (nSPS) is 10.3. The minimum atomic E-state index is 0.201. The number of Topliss-reactive ketones (excluding diaryl/α,β-unsaturated/α-hetero) is 1. The van der Waals surface area contributed by atoms with Crippen molar-refractivity contribution in [3.05, 3.63) is 52.2 Å². The summed E-state index contributed by atoms with van der Waals surface area (Å²) < 4.78 is 0. The third kappa shape index (κ3) is 2.54. The molecule has 0 saturated carbocycles. The first kappa shape index (κ1) is 11.4. The van der Waals surface area contributed by atoms with Gasteiger partial charge in [0.15, 0.2) is 5.78 Å². The van der Waals surface area contributed by atoms with Crippen LogP contribution in [0.25, 0.3) is 0 Å². The maximum Gasteiger partial charge on any atom is 0.169 e. The molecule has 1 aromatic heterocycles. The van der Waals surface area contributed by atoms with Crippen molar-refractivity contribution in [2.45, 2.75) is 11.3 Å². The van der Waals surface area contributed by atoms with Crippen LogP contribution in [0.15, 0.2) is 46.7 Å². The Hall–Kier alpha value is -1.06. The molecule has 0 bridgehead atoms. The van der Waals surface area contributed by atoms with Crippen LogP contribution in [-0.2, 0) is 6.42 Å². The maximum absolute atomic E-state index is 12.1. The second kappa shape index (κ2) is 5.32. The zero-order valence-corrected chi connectivity index (χ0v) is 10.6. The van der Waals surface area contributed by atoms with Gasteiger partial charge in [0.1, 0.15) is 0 Å². The lowest BCUT2D eigenvalue weighted by atomic mass is 10.1. The van der Waals surface area contributed by atoms with E-state index in [0.717, 1.165) is 15.3 Å². The standard InChI is InChI=1S/C13H12OS2/c1-15-13-7-3-2-6-11(13)12(14)9-10-5-4-8-16-10/h2-8H,9H2,1H3. The molecule has 0 aliphatic rings. The summed E-state index contributed by atoms with van der Waals surface area (Å²) in [4.78, 5) is 14.3. The minimum Gasteiger partial charge on any atom is -0.294 e. The van der Waals surface area contributed by atoms with Crippen LogP contribution >= 0.6 is 23.1 Å². The molecule has 2 aromatic rings. The summed E-state index contributed by atoms with van der Waals surface area (Å²) in [5.74, 6) is 0.201. The Morgan fingerprint density at radius 3 is 2.75 bits per heavy atom. The molecule has 0 saturated heterocycles. The number of carbonyl (C=O) groups excluding carboxylic acids is 1. The van der Waals surface area contributed by atoms with E-state index in [2.05, 4.69) is 0 Å². The third-order valence-electron chi connectivity index (χ3n) is 2.32. The van der Waals surface area contributed by atoms with Gasteiger partial charge in [0.2, 0.25) is 0 Å². The molecule has 1 heterocycles. The molecular formula is C13H12OS2. The molecule has 0 unspecified atom stereocenters. The Kier molecular flexibility index (Phi) is 3.80. The average Bonchev–Trinajstić information content (AvgIpc) is 2.81. The quantitative estimate of drug-likeness (QED) is 0.603. The summed E-state index contributed by atoms with van der Waals surface area (Å²) >= 11 is 3.25. The molecular weight excluding hydrogens is 236 g/mol. The molecule has 1 nitrogen and oxygen atoms in total. The molecule has 2 rings (SSSR count). The van der Waals surface area contributed by atoms with Gasteiger partial charge >= 0.3 is 0 Å². The van der Waals surface area contributed by atoms with Crippen molar-refractivity contribution in [2.75, 3.05) is 6.26 Å². The highest BCUT2D eigenvalue weighted by molar-refractivity contribution is 7.98. The van der Waals surface area contributed by atoms with Crippen LogP contribution in [0.1, 0.15) is 15.2 Å². The van der Waals surface area contributed by atoms with Gasteiger partial charge in [0, 0.05) is 21.8 Å². The van der Waals surface area contributed by atoms with Crippen molar-refractivity contribution in [1.82, 2.24) is 0 Å². The van der Waals surface area contributed by atoms with Gasteiger partial charge in [-0.05, 0) is 23.8 Å². The SMILES string of the molecule is CSc1ccccc1C(=O)Cc1cccs1. The Morgan fingerprint density at radius 1 is 1.25 bits per heavy atom. The van der Waals surface area contributed by atoms with Crippen molar-refractivity contribution in [1.29, 1.82) is 0 Å². The molecule has 1 aromatic carbocycles. The van der Waals surface area contributed by atoms with E-state index < -0.39 is 0 Å². The predicted molar refractivity (Wildman–Crippen MR) is 70.6 cm³/mol. The second-order valence-electron chi connectivity index (χ2n) is 3.38. The smallest absolute Gasteiger partial charge is 0.169 e. The fourth-order valence-electron chi connectivity index (χ4n) is 1.54. The summed E-state index contributed by atoms with van der Waals surface area (Å²) in [5.41, 5.74) is 0.836. The number of benzene rings is 1. The van der Waals surface area contributed by atoms with E-state index in [-0.39, 0.29) is 5.78 Å². The summed E-state index contributed by atoms with van der Waals surface area (Å²) in [5, 5.41) is 2.00. The van der Waals surface area contributed by atoms with E-state index in [4.69, 9.17) is 0 Å². The Morgan fingerprint density at radius 2 is 2.06 bits per heavy atom. The number of hydrogen-bond donors (Lipinski definition) is 0. The highest BCUT2D eigenvalue weighted by Crippen LogP contribution is 2.22. The van der Waals surface area contributed by atoms with Gasteiger partial charge in [-0.3, -0.25) is 4.79 Å². The van der Waals surface area contributed by atoms with E-state index >= 15 is 0 Å². The summed E-state index contributed by atoms with van der Waals surface area (Å²) in [6, 6.07) is 11.8. The van der Waals surface area contributed by atoms with Crippen molar-refractivity contribution < 1.29 is 4.79 Å². The minimum absolute atomic E-state index is 0.201. The third-order valence-corrected chi connectivity index (χ3v) is 3.99. The maximum atomic E-state index is 12.1. The molecule has 0 amide bonds. The number of thioether (sulfide) groups is 1. The number of hydrogen-bond acceptors (Lipinski definition) is 3. The van der Waals surface area contributed by atoms with Crippen LogP contribution in [0.3, 0.4) is 0 Å². The van der Waals surface area contributed by atoms with Gasteiger partial charge in [-0.15, -0.1) is 23.1 Å². The van der Waals surface area contributed by atoms with Gasteiger partial charge in [0.25, 0.3) is 0 Å². The first-order valence-corrected chi connectivity index (χ1v) is 7.10. The van der Waals surface area contributed by atoms with Crippen molar-refractivity contribution in [2.24, 2.45) is 0 Å². The molecule has 3 heteroatoms. The van der Waals surface area contributed by atoms with E-state index in [1.54, 1.807) is 23.1 Å². The fourth-order valence-corrected chi connectivity index (χ4v) is 2.86. The summed E-state index contributed by atoms with van der Waals surface area (Å²) in [6.45, 7) is 0. The average molecular weight is 248 g/mol. The molecule has 0 spiro atoms. The molecule has 0 radical (unpaired) electrons. The largest absolute Gasteiger partial charge is 0.294 e. The number of carbonyl (C=O) groups is 1. The Labute approximate surface area is 104 Å². The first-order chi connectivity index (χ1) is 7.81. The summed E-state index contributed by atoms with van der Waals surface area (Å²) in [6.07, 6.45) is 2.51. The lowest BCUT2D eigenvalue weighted by Crippen LogP contribution is -2.03. The van der Waals surface area contributed by atoms with Crippen LogP contribution in [0, 0.1) is 0 Å². The highest BCUT2D eigenvalue weighted by atomic mass is 32.2. The number of ketones is 1. The first-order valence-electron chi connectivity index (χ1n) is 5.00. The molecule has 82 valence electrons. The van der Waals surface area contributed by atoms with Gasteiger partial charge in [0.05, 0.1) is 0 Å². The molecule has 16 heavy (non-hydrogen) atoms. The van der Waals surface area contributed by atoms with E-state index in [1.165, 1.54) is 0 Å². The zero-order valence-electron chi connectivity index (χ0n) is 8.97. The van der Waals surface area contributed by atoms with Crippen molar-refractivity contribution >= 4 is 28.9 Å². The van der Waals surface area contributed by atoms with Gasteiger partial charge in [-0.25, -0.2) is 0 Å². The predicted octanol–water partition coefficient (Wildman–Crippen LogP) is 3.90. The van der Waals surface area contributed by atoms with E-state index in [9.17, 15) is 4.79 Å².